The molecule has 8 heteroatoms. The number of benzene rings is 2. The molecule has 0 fully saturated rings. The van der Waals surface area contributed by atoms with Crippen molar-refractivity contribution in [3.63, 3.8) is 0 Å². The van der Waals surface area contributed by atoms with E-state index < -0.39 is 12.1 Å². The lowest BCUT2D eigenvalue weighted by atomic mass is 10.2. The van der Waals surface area contributed by atoms with Crippen molar-refractivity contribution in [3.8, 4) is 11.5 Å². The van der Waals surface area contributed by atoms with E-state index in [1.165, 1.54) is 13.2 Å². The van der Waals surface area contributed by atoms with Gasteiger partial charge in [-0.15, -0.1) is 0 Å². The summed E-state index contributed by atoms with van der Waals surface area (Å²) in [6.45, 7) is 1.42. The molecule has 0 aliphatic carbocycles. The van der Waals surface area contributed by atoms with Gasteiger partial charge in [0.2, 0.25) is 0 Å². The molecule has 0 saturated carbocycles. The van der Waals surface area contributed by atoms with Crippen LogP contribution in [0.2, 0.25) is 10.0 Å². The molecule has 1 unspecified atom stereocenters. The normalized spacial score (nSPS) is 11.4. The second kappa shape index (κ2) is 9.31. The quantitative estimate of drug-likeness (QED) is 0.715. The van der Waals surface area contributed by atoms with Crippen LogP contribution in [0, 0.1) is 0 Å². The number of nitrogens with one attached hydrogen (secondary N) is 1. The number of hydrogen-bond donors (Lipinski definition) is 1. The van der Waals surface area contributed by atoms with E-state index in [-0.39, 0.29) is 12.5 Å². The van der Waals surface area contributed by atoms with Crippen LogP contribution in [0.5, 0.6) is 11.5 Å². The third-order valence-electron chi connectivity index (χ3n) is 3.27. The lowest BCUT2D eigenvalue weighted by molar-refractivity contribution is -0.142. The fraction of sp³-hybridized carbons (Fsp3) is 0.222. The molecule has 2 aromatic rings. The van der Waals surface area contributed by atoms with Gasteiger partial charge in [-0.1, -0.05) is 23.2 Å². The predicted molar refractivity (Wildman–Crippen MR) is 99.1 cm³/mol. The summed E-state index contributed by atoms with van der Waals surface area (Å²) in [5.74, 6) is 0.0179. The van der Waals surface area contributed by atoms with Crippen LogP contribution in [0.25, 0.3) is 0 Å². The van der Waals surface area contributed by atoms with Crippen LogP contribution in [-0.4, -0.2) is 31.7 Å². The lowest BCUT2D eigenvalue weighted by Crippen LogP contribution is -2.30. The summed E-state index contributed by atoms with van der Waals surface area (Å²) < 4.78 is 15.3. The summed E-state index contributed by atoms with van der Waals surface area (Å²) in [5.41, 5.74) is 0.554. The highest BCUT2D eigenvalue weighted by Gasteiger charge is 2.16. The van der Waals surface area contributed by atoms with Gasteiger partial charge in [-0.05, 0) is 49.4 Å². The van der Waals surface area contributed by atoms with Crippen molar-refractivity contribution in [1.82, 2.24) is 0 Å². The molecule has 1 amide bonds. The minimum absolute atomic E-state index is 0.186. The summed E-state index contributed by atoms with van der Waals surface area (Å²) in [5, 5.41) is 3.52. The average molecular weight is 398 g/mol. The molecule has 2 aromatic carbocycles. The van der Waals surface area contributed by atoms with Gasteiger partial charge in [0.05, 0.1) is 12.1 Å². The second-order valence-corrected chi connectivity index (χ2v) is 6.06. The first-order valence-electron chi connectivity index (χ1n) is 7.61. The van der Waals surface area contributed by atoms with Gasteiger partial charge in [0, 0.05) is 10.7 Å². The standard InChI is InChI=1S/C18H17Cl2NO5/c1-11(26-16-8-3-12(19)9-15(16)20)18(23)21-13-4-6-14(7-5-13)25-10-17(22)24-2/h3-9,11H,10H2,1-2H3,(H,21,23). The zero-order valence-corrected chi connectivity index (χ0v) is 15.6. The van der Waals surface area contributed by atoms with E-state index in [0.29, 0.717) is 27.2 Å². The number of ether oxygens (including phenoxy) is 3. The molecule has 138 valence electrons. The van der Waals surface area contributed by atoms with Gasteiger partial charge in [0.15, 0.2) is 12.7 Å². The summed E-state index contributed by atoms with van der Waals surface area (Å²) in [6.07, 6.45) is -0.774. The number of carbonyl (C=O) groups is 2. The Morgan fingerprint density at radius 2 is 1.81 bits per heavy atom. The van der Waals surface area contributed by atoms with E-state index in [0.717, 1.165) is 0 Å². The van der Waals surface area contributed by atoms with Crippen molar-refractivity contribution in [2.45, 2.75) is 13.0 Å². The van der Waals surface area contributed by atoms with E-state index >= 15 is 0 Å². The summed E-state index contributed by atoms with van der Waals surface area (Å²) in [7, 11) is 1.28. The molecule has 0 saturated heterocycles. The summed E-state index contributed by atoms with van der Waals surface area (Å²) in [4.78, 5) is 23.3. The zero-order valence-electron chi connectivity index (χ0n) is 14.1. The molecule has 1 atom stereocenters. The van der Waals surface area contributed by atoms with Gasteiger partial charge in [0.1, 0.15) is 11.5 Å². The van der Waals surface area contributed by atoms with Gasteiger partial charge in [0.25, 0.3) is 5.91 Å². The maximum Gasteiger partial charge on any atom is 0.343 e. The highest BCUT2D eigenvalue weighted by Crippen LogP contribution is 2.28. The number of rotatable bonds is 7. The van der Waals surface area contributed by atoms with E-state index in [2.05, 4.69) is 10.1 Å². The minimum atomic E-state index is -0.774. The molecule has 0 aliphatic rings. The zero-order chi connectivity index (χ0) is 19.1. The molecule has 1 N–H and O–H groups in total. The van der Waals surface area contributed by atoms with Gasteiger partial charge < -0.3 is 19.5 Å². The Morgan fingerprint density at radius 3 is 2.42 bits per heavy atom. The fourth-order valence-corrected chi connectivity index (χ4v) is 2.35. The van der Waals surface area contributed by atoms with Gasteiger partial charge in [-0.3, -0.25) is 4.79 Å². The van der Waals surface area contributed by atoms with E-state index in [1.807, 2.05) is 0 Å². The minimum Gasteiger partial charge on any atom is -0.482 e. The maximum atomic E-state index is 12.2. The topological polar surface area (TPSA) is 73.9 Å². The SMILES string of the molecule is COC(=O)COc1ccc(NC(=O)C(C)Oc2ccc(Cl)cc2Cl)cc1. The van der Waals surface area contributed by atoms with Crippen molar-refractivity contribution >= 4 is 40.8 Å². The van der Waals surface area contributed by atoms with Crippen LogP contribution in [-0.2, 0) is 14.3 Å². The summed E-state index contributed by atoms with van der Waals surface area (Å²) >= 11 is 11.9. The Kier molecular flexibility index (Phi) is 7.12. The number of halogens is 2. The van der Waals surface area contributed by atoms with Crippen LogP contribution in [0.4, 0.5) is 5.69 Å². The Labute approximate surface area is 160 Å². The van der Waals surface area contributed by atoms with Crippen LogP contribution < -0.4 is 14.8 Å². The molecule has 26 heavy (non-hydrogen) atoms. The number of carbonyl (C=O) groups excluding carboxylic acids is 2. The Hall–Kier alpha value is -2.44. The monoisotopic (exact) mass is 397 g/mol. The van der Waals surface area contributed by atoms with Crippen LogP contribution in [0.15, 0.2) is 42.5 Å². The van der Waals surface area contributed by atoms with Crippen molar-refractivity contribution < 1.29 is 23.8 Å². The largest absolute Gasteiger partial charge is 0.482 e. The average Bonchev–Trinajstić information content (AvgIpc) is 2.63. The first kappa shape index (κ1) is 19.9. The molecule has 0 aromatic heterocycles. The van der Waals surface area contributed by atoms with Gasteiger partial charge >= 0.3 is 5.97 Å². The third kappa shape index (κ3) is 5.82. The molecule has 0 heterocycles. The second-order valence-electron chi connectivity index (χ2n) is 5.21. The molecule has 6 nitrogen and oxygen atoms in total. The Bertz CT molecular complexity index is 780. The number of anilines is 1. The molecule has 0 bridgehead atoms. The number of esters is 1. The smallest absolute Gasteiger partial charge is 0.343 e. The molecular weight excluding hydrogens is 381 g/mol. The lowest BCUT2D eigenvalue weighted by Gasteiger charge is -2.16. The van der Waals surface area contributed by atoms with Crippen molar-refractivity contribution in [1.29, 1.82) is 0 Å². The molecule has 0 spiro atoms. The Balaban J connectivity index is 1.90. The molecule has 0 aliphatic heterocycles. The van der Waals surface area contributed by atoms with Crippen LogP contribution in [0.3, 0.4) is 0 Å². The molecule has 0 radical (unpaired) electrons. The molecule has 2 rings (SSSR count). The van der Waals surface area contributed by atoms with Crippen LogP contribution in [0.1, 0.15) is 6.92 Å². The van der Waals surface area contributed by atoms with Crippen molar-refractivity contribution in [2.75, 3.05) is 19.0 Å². The fourth-order valence-electron chi connectivity index (χ4n) is 1.89. The first-order valence-corrected chi connectivity index (χ1v) is 8.37. The number of amides is 1. The van der Waals surface area contributed by atoms with Crippen molar-refractivity contribution in [3.05, 3.63) is 52.5 Å². The number of hydrogen-bond acceptors (Lipinski definition) is 5. The highest BCUT2D eigenvalue weighted by molar-refractivity contribution is 6.35. The van der Waals surface area contributed by atoms with E-state index in [9.17, 15) is 9.59 Å². The van der Waals surface area contributed by atoms with Crippen LogP contribution >= 0.6 is 23.2 Å². The van der Waals surface area contributed by atoms with Gasteiger partial charge in [-0.25, -0.2) is 4.79 Å². The maximum absolute atomic E-state index is 12.2. The van der Waals surface area contributed by atoms with Crippen molar-refractivity contribution in [2.24, 2.45) is 0 Å². The summed E-state index contributed by atoms with van der Waals surface area (Å²) in [6, 6.07) is 11.3. The van der Waals surface area contributed by atoms with E-state index in [1.54, 1.807) is 43.3 Å². The Morgan fingerprint density at radius 1 is 1.12 bits per heavy atom. The van der Waals surface area contributed by atoms with Gasteiger partial charge in [-0.2, -0.15) is 0 Å². The predicted octanol–water partition coefficient (Wildman–Crippen LogP) is 3.95. The van der Waals surface area contributed by atoms with E-state index in [4.69, 9.17) is 32.7 Å². The number of methoxy groups -OCH3 is 1. The third-order valence-corrected chi connectivity index (χ3v) is 3.80. The highest BCUT2D eigenvalue weighted by atomic mass is 35.5. The molecular formula is C18H17Cl2NO5. The first-order chi connectivity index (χ1) is 12.4.